The van der Waals surface area contributed by atoms with Crippen molar-refractivity contribution < 1.29 is 0 Å². The Morgan fingerprint density at radius 1 is 1.21 bits per heavy atom. The molecule has 5 heterocycles. The summed E-state index contributed by atoms with van der Waals surface area (Å²) in [4.78, 5) is 13.5. The van der Waals surface area contributed by atoms with E-state index in [1.54, 1.807) is 11.2 Å². The zero-order chi connectivity index (χ0) is 23.0. The number of likely N-dealkylation sites (tertiary alicyclic amines) is 1. The number of hydrogen-bond donors (Lipinski definition) is 1. The van der Waals surface area contributed by atoms with E-state index in [4.69, 9.17) is 5.26 Å². The third kappa shape index (κ3) is 2.93. The van der Waals surface area contributed by atoms with Gasteiger partial charge in [0.05, 0.1) is 18.3 Å². The van der Waals surface area contributed by atoms with Crippen LogP contribution in [0.2, 0.25) is 0 Å². The van der Waals surface area contributed by atoms with E-state index in [1.807, 2.05) is 15.9 Å². The van der Waals surface area contributed by atoms with Crippen molar-refractivity contribution in [2.24, 2.45) is 5.92 Å². The fourth-order valence-electron chi connectivity index (χ4n) is 6.50. The Hall–Kier alpha value is -2.69. The largest absolute Gasteiger partial charge is 0.346 e. The van der Waals surface area contributed by atoms with E-state index in [9.17, 15) is 0 Å². The highest BCUT2D eigenvalue weighted by Crippen LogP contribution is 2.53. The summed E-state index contributed by atoms with van der Waals surface area (Å²) in [6.45, 7) is 12.9. The Morgan fingerprint density at radius 2 is 2.03 bits per heavy atom. The van der Waals surface area contributed by atoms with Gasteiger partial charge in [-0.05, 0) is 73.6 Å². The molecule has 2 bridgehead atoms. The van der Waals surface area contributed by atoms with Crippen molar-refractivity contribution in [3.63, 3.8) is 0 Å². The van der Waals surface area contributed by atoms with Crippen LogP contribution in [0.5, 0.6) is 0 Å². The molecule has 2 fully saturated rings. The molecule has 1 saturated heterocycles. The van der Waals surface area contributed by atoms with E-state index >= 15 is 0 Å². The van der Waals surface area contributed by atoms with E-state index in [0.717, 1.165) is 12.2 Å². The number of thiophene rings is 1. The molecular formula is C26H30N6S. The second-order valence-corrected chi connectivity index (χ2v) is 11.3. The van der Waals surface area contributed by atoms with Crippen molar-refractivity contribution in [2.45, 2.75) is 65.3 Å². The first-order valence-electron chi connectivity index (χ1n) is 11.9. The maximum Gasteiger partial charge on any atom is 0.158 e. The number of rotatable bonds is 4. The van der Waals surface area contributed by atoms with Gasteiger partial charge in [0.15, 0.2) is 5.65 Å². The molecule has 0 spiro atoms. The van der Waals surface area contributed by atoms with Gasteiger partial charge in [0.2, 0.25) is 0 Å². The standard InChI is InChI=1S/C26H30N6S/c1-13(2)21-22-16(5)24(19-9-18-8-17(19)10-31(18)7-6-27)33-26(22)30-23(21)20-11-32-25(28-12-29-32)15(4)14(20)3/h11-13,17-19,30H,7-10H2,1-5H3/t17-,18?,19+/m0/s1. The van der Waals surface area contributed by atoms with E-state index in [1.165, 1.54) is 56.6 Å². The maximum absolute atomic E-state index is 9.13. The van der Waals surface area contributed by atoms with Gasteiger partial charge in [0.25, 0.3) is 0 Å². The lowest BCUT2D eigenvalue weighted by molar-refractivity contribution is 0.223. The number of nitriles is 1. The van der Waals surface area contributed by atoms with Crippen molar-refractivity contribution in [1.29, 1.82) is 5.26 Å². The molecule has 33 heavy (non-hydrogen) atoms. The molecule has 1 unspecified atom stereocenters. The van der Waals surface area contributed by atoms with Gasteiger partial charge >= 0.3 is 0 Å². The van der Waals surface area contributed by atoms with Gasteiger partial charge in [0.1, 0.15) is 11.2 Å². The summed E-state index contributed by atoms with van der Waals surface area (Å²) in [5.74, 6) is 1.73. The van der Waals surface area contributed by atoms with Gasteiger partial charge in [-0.3, -0.25) is 4.90 Å². The SMILES string of the molecule is Cc1c(-c2[nH]c3sc([C@@H]4CC5C[C@H]4CN5CC#N)c(C)c3c2C(C)C)cn2ncnc2c1C. The number of fused-ring (bicyclic) bond motifs is 4. The lowest BCUT2D eigenvalue weighted by atomic mass is 9.88. The van der Waals surface area contributed by atoms with Crippen molar-refractivity contribution in [3.8, 4) is 17.3 Å². The molecule has 6 nitrogen and oxygen atoms in total. The Morgan fingerprint density at radius 3 is 2.73 bits per heavy atom. The summed E-state index contributed by atoms with van der Waals surface area (Å²) >= 11 is 1.96. The minimum Gasteiger partial charge on any atom is -0.346 e. The number of aryl methyl sites for hydroxylation is 2. The number of aromatic nitrogens is 4. The summed E-state index contributed by atoms with van der Waals surface area (Å²) in [5.41, 5.74) is 8.69. The highest BCUT2D eigenvalue weighted by Gasteiger charge is 2.46. The predicted octanol–water partition coefficient (Wildman–Crippen LogP) is 5.69. The lowest BCUT2D eigenvalue weighted by Crippen LogP contribution is -2.34. The Kier molecular flexibility index (Phi) is 4.69. The summed E-state index contributed by atoms with van der Waals surface area (Å²) in [5, 5.41) is 15.0. The molecule has 1 N–H and O–H groups in total. The van der Waals surface area contributed by atoms with Crippen LogP contribution in [0.1, 0.15) is 65.7 Å². The molecule has 4 aromatic heterocycles. The molecule has 1 saturated carbocycles. The fourth-order valence-corrected chi connectivity index (χ4v) is 7.93. The first-order chi connectivity index (χ1) is 15.9. The average molecular weight is 459 g/mol. The second kappa shape index (κ2) is 7.41. The minimum absolute atomic E-state index is 0.409. The first-order valence-corrected chi connectivity index (χ1v) is 12.8. The van der Waals surface area contributed by atoms with Crippen LogP contribution >= 0.6 is 11.3 Å². The number of hydrogen-bond acceptors (Lipinski definition) is 5. The molecule has 6 rings (SSSR count). The quantitative estimate of drug-likeness (QED) is 0.399. The normalized spacial score (nSPS) is 22.9. The Bertz CT molecular complexity index is 1430. The van der Waals surface area contributed by atoms with E-state index < -0.39 is 0 Å². The number of aromatic amines is 1. The fraction of sp³-hybridized carbons (Fsp3) is 0.500. The van der Waals surface area contributed by atoms with Crippen LogP contribution in [-0.2, 0) is 0 Å². The molecule has 1 aliphatic heterocycles. The number of H-pyrrole nitrogens is 1. The Balaban J connectivity index is 1.46. The molecule has 7 heteroatoms. The van der Waals surface area contributed by atoms with Gasteiger partial charge in [-0.15, -0.1) is 11.3 Å². The van der Waals surface area contributed by atoms with Crippen molar-refractivity contribution >= 4 is 27.2 Å². The zero-order valence-corrected chi connectivity index (χ0v) is 20.8. The topological polar surface area (TPSA) is 73.0 Å². The zero-order valence-electron chi connectivity index (χ0n) is 19.9. The third-order valence-electron chi connectivity index (χ3n) is 8.20. The molecule has 0 aromatic carbocycles. The number of pyridine rings is 1. The van der Waals surface area contributed by atoms with Crippen molar-refractivity contribution in [3.05, 3.63) is 39.7 Å². The van der Waals surface area contributed by atoms with Crippen LogP contribution in [0, 0.1) is 38.0 Å². The lowest BCUT2D eigenvalue weighted by Gasteiger charge is -2.29. The van der Waals surface area contributed by atoms with E-state index in [-0.39, 0.29) is 0 Å². The average Bonchev–Trinajstić information content (AvgIpc) is 3.57. The minimum atomic E-state index is 0.409. The summed E-state index contributed by atoms with van der Waals surface area (Å²) in [7, 11) is 0. The Labute approximate surface area is 198 Å². The number of piperidine rings is 1. The molecule has 4 aromatic rings. The highest BCUT2D eigenvalue weighted by atomic mass is 32.1. The second-order valence-electron chi connectivity index (χ2n) is 10.3. The van der Waals surface area contributed by atoms with Gasteiger partial charge in [-0.2, -0.15) is 10.4 Å². The molecular weight excluding hydrogens is 428 g/mol. The van der Waals surface area contributed by atoms with Crippen molar-refractivity contribution in [1.82, 2.24) is 24.5 Å². The van der Waals surface area contributed by atoms with E-state index in [0.29, 0.717) is 30.3 Å². The maximum atomic E-state index is 9.13. The summed E-state index contributed by atoms with van der Waals surface area (Å²) < 4.78 is 1.90. The van der Waals surface area contributed by atoms with Gasteiger partial charge in [-0.1, -0.05) is 13.8 Å². The third-order valence-corrected chi connectivity index (χ3v) is 9.54. The number of nitrogens with one attached hydrogen (secondary N) is 1. The first kappa shape index (κ1) is 20.9. The van der Waals surface area contributed by atoms with Gasteiger partial charge in [0, 0.05) is 34.6 Å². The van der Waals surface area contributed by atoms with Crippen molar-refractivity contribution in [2.75, 3.05) is 13.1 Å². The van der Waals surface area contributed by atoms with Gasteiger partial charge in [-0.25, -0.2) is 9.50 Å². The van der Waals surface area contributed by atoms with Crippen LogP contribution in [0.25, 0.3) is 27.1 Å². The summed E-state index contributed by atoms with van der Waals surface area (Å²) in [6, 6.07) is 2.93. The number of nitrogens with zero attached hydrogens (tertiary/aromatic N) is 5. The molecule has 2 aliphatic rings. The molecule has 3 atom stereocenters. The van der Waals surface area contributed by atoms with Crippen LogP contribution in [0.15, 0.2) is 12.5 Å². The predicted molar refractivity (Wildman–Crippen MR) is 133 cm³/mol. The monoisotopic (exact) mass is 458 g/mol. The van der Waals surface area contributed by atoms with Gasteiger partial charge < -0.3 is 4.98 Å². The van der Waals surface area contributed by atoms with Crippen LogP contribution in [0.4, 0.5) is 0 Å². The highest BCUT2D eigenvalue weighted by molar-refractivity contribution is 7.19. The molecule has 1 aliphatic carbocycles. The summed E-state index contributed by atoms with van der Waals surface area (Å²) in [6.07, 6.45) is 6.20. The smallest absolute Gasteiger partial charge is 0.158 e. The van der Waals surface area contributed by atoms with Crippen LogP contribution in [-0.4, -0.2) is 43.6 Å². The van der Waals surface area contributed by atoms with Crippen LogP contribution in [0.3, 0.4) is 0 Å². The molecule has 0 amide bonds. The molecule has 170 valence electrons. The molecule has 0 radical (unpaired) electrons. The van der Waals surface area contributed by atoms with E-state index in [2.05, 4.69) is 66.9 Å². The van der Waals surface area contributed by atoms with Crippen LogP contribution < -0.4 is 0 Å².